The number of hydrogen-bond acceptors (Lipinski definition) is 8. The molecular weight excluding hydrogens is 448 g/mol. The van der Waals surface area contributed by atoms with Gasteiger partial charge in [-0.05, 0) is 41.6 Å². The molecule has 1 aromatic heterocycles. The maximum atomic E-state index is 12.7. The van der Waals surface area contributed by atoms with Crippen LogP contribution < -0.4 is 5.32 Å². The minimum Gasteiger partial charge on any atom is -0.322 e. The molecule has 1 N–H and O–H groups in total. The van der Waals surface area contributed by atoms with Gasteiger partial charge in [-0.25, -0.2) is 0 Å². The second kappa shape index (κ2) is 9.20. The molecule has 12 heteroatoms. The number of anilines is 1. The first-order valence-electron chi connectivity index (χ1n) is 9.85. The van der Waals surface area contributed by atoms with Gasteiger partial charge in [0.25, 0.3) is 11.6 Å². The number of amides is 3. The zero-order valence-corrected chi connectivity index (χ0v) is 18.2. The number of carbonyl (C=O) groups excluding carboxylic acids is 3. The van der Waals surface area contributed by atoms with Gasteiger partial charge in [0.15, 0.2) is 5.16 Å². The van der Waals surface area contributed by atoms with E-state index in [1.807, 2.05) is 0 Å². The maximum Gasteiger partial charge on any atom is 0.284 e. The molecule has 168 valence electrons. The molecular formula is C21H18N6O5S. The van der Waals surface area contributed by atoms with E-state index in [2.05, 4.69) is 15.5 Å². The number of aryl methyl sites for hydroxylation is 1. The van der Waals surface area contributed by atoms with Crippen LogP contribution in [0, 0.1) is 10.1 Å². The summed E-state index contributed by atoms with van der Waals surface area (Å²) in [4.78, 5) is 48.7. The SMILES string of the molecule is Cn1cnnc1Sc1ccc(C(=O)Nc2ccc(CN3C(=O)CCC3=O)cc2)cc1[N+](=O)[O-]. The van der Waals surface area contributed by atoms with Crippen molar-refractivity contribution in [3.63, 3.8) is 0 Å². The summed E-state index contributed by atoms with van der Waals surface area (Å²) in [6.07, 6.45) is 1.95. The van der Waals surface area contributed by atoms with E-state index in [4.69, 9.17) is 0 Å². The van der Waals surface area contributed by atoms with Crippen molar-refractivity contribution in [3.8, 4) is 0 Å². The van der Waals surface area contributed by atoms with E-state index in [-0.39, 0.29) is 42.5 Å². The van der Waals surface area contributed by atoms with E-state index in [9.17, 15) is 24.5 Å². The maximum absolute atomic E-state index is 12.7. The van der Waals surface area contributed by atoms with Crippen LogP contribution in [0.2, 0.25) is 0 Å². The van der Waals surface area contributed by atoms with Crippen LogP contribution in [0.5, 0.6) is 0 Å². The van der Waals surface area contributed by atoms with Crippen molar-refractivity contribution in [1.29, 1.82) is 0 Å². The summed E-state index contributed by atoms with van der Waals surface area (Å²) < 4.78 is 1.63. The quantitative estimate of drug-likeness (QED) is 0.318. The Morgan fingerprint density at radius 2 is 1.85 bits per heavy atom. The standard InChI is InChI=1S/C21H18N6O5S/c1-25-12-22-24-21(25)33-17-7-4-14(10-16(17)27(31)32)20(30)23-15-5-2-13(3-6-15)11-26-18(28)8-9-19(26)29/h2-7,10,12H,8-9,11H2,1H3,(H,23,30). The molecule has 11 nitrogen and oxygen atoms in total. The highest BCUT2D eigenvalue weighted by Crippen LogP contribution is 2.34. The molecule has 2 aromatic carbocycles. The topological polar surface area (TPSA) is 140 Å². The molecule has 3 amide bonds. The van der Waals surface area contributed by atoms with Gasteiger partial charge in [0.05, 0.1) is 16.4 Å². The van der Waals surface area contributed by atoms with E-state index in [0.717, 1.165) is 17.3 Å². The Morgan fingerprint density at radius 3 is 2.45 bits per heavy atom. The van der Waals surface area contributed by atoms with Crippen molar-refractivity contribution in [2.24, 2.45) is 7.05 Å². The molecule has 0 bridgehead atoms. The number of nitrogens with one attached hydrogen (secondary N) is 1. The van der Waals surface area contributed by atoms with Gasteiger partial charge in [-0.1, -0.05) is 12.1 Å². The fourth-order valence-electron chi connectivity index (χ4n) is 3.23. The van der Waals surface area contributed by atoms with E-state index in [0.29, 0.717) is 15.7 Å². The third-order valence-corrected chi connectivity index (χ3v) is 6.11. The molecule has 0 saturated carbocycles. The van der Waals surface area contributed by atoms with E-state index >= 15 is 0 Å². The molecule has 0 unspecified atom stereocenters. The fourth-order valence-corrected chi connectivity index (χ4v) is 4.08. The molecule has 4 rings (SSSR count). The summed E-state index contributed by atoms with van der Waals surface area (Å²) in [5.41, 5.74) is 1.13. The third-order valence-electron chi connectivity index (χ3n) is 5.00. The zero-order valence-electron chi connectivity index (χ0n) is 17.4. The van der Waals surface area contributed by atoms with E-state index in [1.165, 1.54) is 29.4 Å². The van der Waals surface area contributed by atoms with Crippen LogP contribution in [0.15, 0.2) is 58.8 Å². The first kappa shape index (κ1) is 22.1. The van der Waals surface area contributed by atoms with Gasteiger partial charge >= 0.3 is 0 Å². The van der Waals surface area contributed by atoms with Crippen molar-refractivity contribution in [1.82, 2.24) is 19.7 Å². The molecule has 1 saturated heterocycles. The number of aromatic nitrogens is 3. The third kappa shape index (κ3) is 4.90. The van der Waals surface area contributed by atoms with Crippen molar-refractivity contribution < 1.29 is 19.3 Å². The summed E-state index contributed by atoms with van der Waals surface area (Å²) in [6, 6.07) is 10.9. The predicted octanol–water partition coefficient (Wildman–Crippen LogP) is 2.78. The molecule has 0 aliphatic carbocycles. The van der Waals surface area contributed by atoms with Crippen LogP contribution >= 0.6 is 11.8 Å². The first-order valence-corrected chi connectivity index (χ1v) is 10.7. The summed E-state index contributed by atoms with van der Waals surface area (Å²) in [5, 5.41) is 22.4. The highest BCUT2D eigenvalue weighted by atomic mass is 32.2. The zero-order chi connectivity index (χ0) is 23.5. The van der Waals surface area contributed by atoms with Gasteiger partial charge in [-0.3, -0.25) is 29.4 Å². The molecule has 3 aromatic rings. The lowest BCUT2D eigenvalue weighted by Gasteiger charge is -2.14. The van der Waals surface area contributed by atoms with Gasteiger partial charge in [0, 0.05) is 37.2 Å². The van der Waals surface area contributed by atoms with Gasteiger partial charge < -0.3 is 9.88 Å². The molecule has 2 heterocycles. The van der Waals surface area contributed by atoms with Gasteiger partial charge in [-0.2, -0.15) is 0 Å². The summed E-state index contributed by atoms with van der Waals surface area (Å²) in [6.45, 7) is 0.183. The lowest BCUT2D eigenvalue weighted by molar-refractivity contribution is -0.387. The number of hydrogen-bond donors (Lipinski definition) is 1. The van der Waals surface area contributed by atoms with E-state index < -0.39 is 10.8 Å². The van der Waals surface area contributed by atoms with Gasteiger partial charge in [0.1, 0.15) is 6.33 Å². The van der Waals surface area contributed by atoms with Crippen LogP contribution in [0.1, 0.15) is 28.8 Å². The summed E-state index contributed by atoms with van der Waals surface area (Å²) in [7, 11) is 1.72. The summed E-state index contributed by atoms with van der Waals surface area (Å²) >= 11 is 1.08. The second-order valence-electron chi connectivity index (χ2n) is 7.29. The summed E-state index contributed by atoms with van der Waals surface area (Å²) in [5.74, 6) is -0.898. The molecule has 0 radical (unpaired) electrons. The Labute approximate surface area is 191 Å². The number of rotatable bonds is 7. The van der Waals surface area contributed by atoms with Crippen LogP contribution in [-0.2, 0) is 23.2 Å². The lowest BCUT2D eigenvalue weighted by atomic mass is 10.1. The lowest BCUT2D eigenvalue weighted by Crippen LogP contribution is -2.28. The first-order chi connectivity index (χ1) is 15.8. The number of nitro groups is 1. The molecule has 0 atom stereocenters. The molecule has 33 heavy (non-hydrogen) atoms. The molecule has 1 aliphatic rings. The highest BCUT2D eigenvalue weighted by Gasteiger charge is 2.28. The van der Waals surface area contributed by atoms with Gasteiger partial charge in [-0.15, -0.1) is 10.2 Å². The number of likely N-dealkylation sites (tertiary alicyclic amines) is 1. The van der Waals surface area contributed by atoms with E-state index in [1.54, 1.807) is 35.9 Å². The number of carbonyl (C=O) groups is 3. The number of nitrogens with zero attached hydrogens (tertiary/aromatic N) is 5. The van der Waals surface area contributed by atoms with Crippen molar-refractivity contribution in [3.05, 3.63) is 70.0 Å². The highest BCUT2D eigenvalue weighted by molar-refractivity contribution is 7.99. The number of benzene rings is 2. The van der Waals surface area contributed by atoms with Crippen molar-refractivity contribution in [2.45, 2.75) is 29.4 Å². The smallest absolute Gasteiger partial charge is 0.284 e. The minimum absolute atomic E-state index is 0.126. The number of imide groups is 1. The Balaban J connectivity index is 1.46. The van der Waals surface area contributed by atoms with Crippen LogP contribution in [-0.4, -0.2) is 42.3 Å². The Kier molecular flexibility index (Phi) is 6.18. The minimum atomic E-state index is -0.550. The van der Waals surface area contributed by atoms with Gasteiger partial charge in [0.2, 0.25) is 11.8 Å². The van der Waals surface area contributed by atoms with Crippen molar-refractivity contribution in [2.75, 3.05) is 5.32 Å². The van der Waals surface area contributed by atoms with Crippen LogP contribution in [0.3, 0.4) is 0 Å². The second-order valence-corrected chi connectivity index (χ2v) is 8.30. The Bertz CT molecular complexity index is 1240. The average molecular weight is 466 g/mol. The number of nitro benzene ring substituents is 1. The molecule has 1 fully saturated rings. The molecule has 0 spiro atoms. The molecule has 1 aliphatic heterocycles. The average Bonchev–Trinajstić information content (AvgIpc) is 3.34. The fraction of sp³-hybridized carbons (Fsp3) is 0.190. The predicted molar refractivity (Wildman–Crippen MR) is 117 cm³/mol. The normalized spacial score (nSPS) is 13.4. The van der Waals surface area contributed by atoms with Crippen molar-refractivity contribution >= 4 is 40.9 Å². The Morgan fingerprint density at radius 1 is 1.15 bits per heavy atom. The van der Waals surface area contributed by atoms with Crippen LogP contribution in [0.25, 0.3) is 0 Å². The Hall–Kier alpha value is -4.06. The van der Waals surface area contributed by atoms with Crippen LogP contribution in [0.4, 0.5) is 11.4 Å². The largest absolute Gasteiger partial charge is 0.322 e. The monoisotopic (exact) mass is 466 g/mol.